The molecule has 12 rings (SSSR count). The van der Waals surface area contributed by atoms with Crippen molar-refractivity contribution in [1.82, 2.24) is 69.0 Å². The highest BCUT2D eigenvalue weighted by atomic mass is 16.5. The number of carbonyl (C=O) groups excluding carboxylic acids is 6. The number of anilines is 6. The zero-order valence-electron chi connectivity index (χ0n) is 89.0. The number of nitrogens with two attached hydrogens (primary N) is 6. The molecule has 0 aliphatic rings. The standard InChI is InChI=1S/C57H74N18O6.C48H56N18O3/c1-13-16-31-79-49(76)34-25-19-22-28-37(34)66-69-40(43(58)55(4,5)6)46(59)62-52-63-53(74-47(60)41(44(72-74)56(7,8)9)70-67-38-29-23-20-26-35(38)50(77)80-32-17-14-2)65-54(64-52)75-48(61)42(45(73-75)57(10,11)12)71-68-39-30-24-21-27-36(39)51(78)81-33-18-15-3;1-25(67)28-19-13-16-22-31(28)57-60-34(37(49)46(4,5)6)40(50)53-43-54-44(65-41(51)35(38(63-65)47(7,8)9)61-58-32-23-17-14-20-29(32)26(2)68)56-45(55-43)66-42(52)36(39(64-66)48(10,11)12)62-59-33-24-18-15-21-30(33)27(3)69/h19-30,58H,13-18,31-33,59-61H2,1-12H3,(H,62,63,64,65);13-24,49H,50-52H2,1-12H3,(H,53,54,55,56)/b46-40+,58-43?,69-66?,70-67?,71-68?;40-34+,49-37?,60-57?,61-58?,62-59?. The molecule has 6 heterocycles. The van der Waals surface area contributed by atoms with Gasteiger partial charge < -0.3 is 70.1 Å². The van der Waals surface area contributed by atoms with Crippen molar-refractivity contribution in [3.05, 3.63) is 225 Å². The largest absolute Gasteiger partial charge is 0.462 e. The maximum Gasteiger partial charge on any atom is 0.340 e. The average Bonchev–Trinajstić information content (AvgIpc) is 1.61. The van der Waals surface area contributed by atoms with Crippen LogP contribution < -0.4 is 45.0 Å². The van der Waals surface area contributed by atoms with Crippen molar-refractivity contribution in [1.29, 1.82) is 10.8 Å². The molecule has 0 fully saturated rings. The third-order valence-electron chi connectivity index (χ3n) is 22.3. The van der Waals surface area contributed by atoms with E-state index in [-0.39, 0.29) is 193 Å². The molecule has 0 bridgehead atoms. The molecule has 784 valence electrons. The number of benzene rings is 6. The molecular weight excluding hydrogens is 1910 g/mol. The fraction of sp³-hybridized carbons (Fsp3) is 0.371. The zero-order chi connectivity index (χ0) is 110. The Morgan fingerprint density at radius 2 is 0.520 bits per heavy atom. The van der Waals surface area contributed by atoms with Crippen molar-refractivity contribution in [2.75, 3.05) is 53.4 Å². The maximum absolute atomic E-state index is 13.2. The molecule has 0 amide bonds. The smallest absolute Gasteiger partial charge is 0.340 e. The van der Waals surface area contributed by atoms with Crippen LogP contribution in [0.2, 0.25) is 0 Å². The lowest BCUT2D eigenvalue weighted by atomic mass is 9.88. The third-order valence-corrected chi connectivity index (χ3v) is 22.3. The number of azo groups is 6. The lowest BCUT2D eigenvalue weighted by Crippen LogP contribution is -2.26. The molecule has 0 aliphatic carbocycles. The van der Waals surface area contributed by atoms with Gasteiger partial charge in [0.2, 0.25) is 11.9 Å². The Morgan fingerprint density at radius 1 is 0.313 bits per heavy atom. The molecule has 6 aromatic heterocycles. The highest BCUT2D eigenvalue weighted by Gasteiger charge is 2.37. The summed E-state index contributed by atoms with van der Waals surface area (Å²) in [5.74, 6) is -3.97. The Labute approximate surface area is 869 Å². The number of aromatic nitrogens is 14. The van der Waals surface area contributed by atoms with Gasteiger partial charge in [-0.15, -0.1) is 61.4 Å². The van der Waals surface area contributed by atoms with E-state index in [9.17, 15) is 34.2 Å². The van der Waals surface area contributed by atoms with Crippen LogP contribution >= 0.6 is 0 Å². The van der Waals surface area contributed by atoms with Gasteiger partial charge in [0.15, 0.2) is 63.4 Å². The fourth-order valence-corrected chi connectivity index (χ4v) is 14.0. The van der Waals surface area contributed by atoms with Crippen LogP contribution in [0.15, 0.2) is 230 Å². The summed E-state index contributed by atoms with van der Waals surface area (Å²) < 4.78 is 21.5. The average molecular weight is 2040 g/mol. The van der Waals surface area contributed by atoms with E-state index < -0.39 is 50.4 Å². The summed E-state index contributed by atoms with van der Waals surface area (Å²) in [6.07, 6.45) is 4.60. The van der Waals surface area contributed by atoms with E-state index in [1.165, 1.54) is 39.5 Å². The van der Waals surface area contributed by atoms with Gasteiger partial charge in [0, 0.05) is 49.2 Å². The van der Waals surface area contributed by atoms with E-state index in [4.69, 9.17) is 104 Å². The molecule has 45 heteroatoms. The first-order valence-corrected chi connectivity index (χ1v) is 48.6. The number of unbranched alkanes of at least 4 members (excludes halogenated alkanes) is 3. The lowest BCUT2D eigenvalue weighted by Gasteiger charge is -2.21. The minimum absolute atomic E-state index is 0.00830. The van der Waals surface area contributed by atoms with Gasteiger partial charge >= 0.3 is 17.9 Å². The van der Waals surface area contributed by atoms with E-state index in [0.29, 0.717) is 70.1 Å². The fourth-order valence-electron chi connectivity index (χ4n) is 14.0. The van der Waals surface area contributed by atoms with Gasteiger partial charge in [-0.3, -0.25) is 14.4 Å². The second-order valence-corrected chi connectivity index (χ2v) is 41.0. The monoisotopic (exact) mass is 2040 g/mol. The van der Waals surface area contributed by atoms with Crippen molar-refractivity contribution in [2.45, 2.75) is 226 Å². The number of allylic oxidation sites excluding steroid dienone is 2. The Morgan fingerprint density at radius 3 is 0.733 bits per heavy atom. The molecule has 0 atom stereocenters. The molecule has 12 aromatic rings. The molecule has 0 saturated carbocycles. The predicted octanol–water partition coefficient (Wildman–Crippen LogP) is 23.9. The molecular formula is C105H130N36O9. The number of carbonyl (C=O) groups is 6. The Hall–Kier alpha value is -17.6. The Kier molecular flexibility index (Phi) is 35.9. The van der Waals surface area contributed by atoms with Crippen molar-refractivity contribution < 1.29 is 43.0 Å². The third kappa shape index (κ3) is 27.6. The van der Waals surface area contributed by atoms with E-state index >= 15 is 0 Å². The predicted molar refractivity (Wildman–Crippen MR) is 575 cm³/mol. The van der Waals surface area contributed by atoms with Crippen LogP contribution in [0.1, 0.15) is 290 Å². The van der Waals surface area contributed by atoms with Crippen molar-refractivity contribution in [2.24, 2.45) is 83.7 Å². The van der Waals surface area contributed by atoms with E-state index in [2.05, 4.69) is 72.0 Å². The normalized spacial score (nSPS) is 12.7. The summed E-state index contributed by atoms with van der Waals surface area (Å²) in [5.41, 5.74) is 42.3. The van der Waals surface area contributed by atoms with Crippen molar-refractivity contribution in [3.8, 4) is 23.8 Å². The number of rotatable bonds is 37. The highest BCUT2D eigenvalue weighted by molar-refractivity contribution is 6.04. The minimum atomic E-state index is -0.837. The molecule has 0 saturated heterocycles. The molecule has 0 spiro atoms. The molecule has 45 nitrogen and oxygen atoms in total. The second kappa shape index (κ2) is 47.7. The number of nitrogens with zero attached hydrogens (tertiary/aromatic N) is 26. The van der Waals surface area contributed by atoms with E-state index in [1.54, 1.807) is 166 Å². The van der Waals surface area contributed by atoms with Gasteiger partial charge in [-0.25, -0.2) is 14.4 Å². The quantitative estimate of drug-likeness (QED) is 0.00432. The highest BCUT2D eigenvalue weighted by Crippen LogP contribution is 2.45. The molecule has 6 aromatic carbocycles. The number of nitrogen functional groups attached to an aromatic ring is 4. The summed E-state index contributed by atoms with van der Waals surface area (Å²) in [6.45, 7) is 44.8. The molecule has 0 aliphatic heterocycles. The first kappa shape index (κ1) is 113. The Bertz CT molecular complexity index is 7060. The number of esters is 3. The number of Topliss-reactive ketones (excluding diaryl/α,β-unsaturated/α-hetero) is 3. The number of ketones is 3. The van der Waals surface area contributed by atoms with Gasteiger partial charge in [0.1, 0.15) is 40.1 Å². The number of hydrogen-bond donors (Lipinski definition) is 10. The first-order valence-electron chi connectivity index (χ1n) is 48.6. The van der Waals surface area contributed by atoms with Crippen LogP contribution in [-0.2, 0) is 35.9 Å². The molecule has 16 N–H and O–H groups in total. The van der Waals surface area contributed by atoms with Crippen LogP contribution in [0, 0.1) is 21.6 Å². The number of hydrogen-bond acceptors (Lipinski definition) is 41. The zero-order valence-corrected chi connectivity index (χ0v) is 89.0. The first-order chi connectivity index (χ1) is 70.7. The molecule has 0 unspecified atom stereocenters. The maximum atomic E-state index is 13.2. The number of nitrogens with one attached hydrogen (secondary N) is 4. The van der Waals surface area contributed by atoms with Crippen molar-refractivity contribution in [3.63, 3.8) is 0 Å². The van der Waals surface area contributed by atoms with Crippen LogP contribution in [-0.4, -0.2) is 136 Å². The second-order valence-electron chi connectivity index (χ2n) is 41.0. The topological polar surface area (TPSA) is 655 Å². The van der Waals surface area contributed by atoms with Crippen molar-refractivity contribution >= 4 is 139 Å². The SMILES string of the molecule is CC(=O)c1ccccc1N=N/C(C(=N)C(C)(C)C)=C(\N)Nc1nc(-n2nc(C(C)(C)C)c(N=Nc3ccccc3C(C)=O)c2N)nc(-n2nc(C(C)(C)C)c(N=Nc3ccccc3C(C)=O)c2N)n1.CCCCOC(=O)c1ccccc1N=N/C(C(=N)C(C)(C)C)=C(\N)Nc1nc(-n2nc(C(C)(C)C)c(N=Nc3ccccc3C(=O)OCCCC)c2N)nc(-n2nc(C(C)(C)C)c(N=Nc3ccccc3C(=O)OCCCC)c2N)n1. The Balaban J connectivity index is 0.000000288. The van der Waals surface area contributed by atoms with E-state index in [0.717, 1.165) is 19.3 Å². The van der Waals surface area contributed by atoms with Crippen LogP contribution in [0.4, 0.5) is 92.0 Å². The van der Waals surface area contributed by atoms with Crippen LogP contribution in [0.5, 0.6) is 0 Å². The summed E-state index contributed by atoms with van der Waals surface area (Å²) in [4.78, 5) is 106. The minimum Gasteiger partial charge on any atom is -0.462 e. The van der Waals surface area contributed by atoms with Gasteiger partial charge in [-0.1, -0.05) is 237 Å². The number of ether oxygens (including phenoxy) is 3. The van der Waals surface area contributed by atoms with Gasteiger partial charge in [0.25, 0.3) is 23.8 Å². The van der Waals surface area contributed by atoms with Gasteiger partial charge in [-0.05, 0) is 113 Å². The summed E-state index contributed by atoms with van der Waals surface area (Å²) in [5, 5.41) is 97.7. The summed E-state index contributed by atoms with van der Waals surface area (Å²) in [7, 11) is 0. The van der Waals surface area contributed by atoms with E-state index in [1.807, 2.05) is 125 Å². The molecule has 0 radical (unpaired) electrons. The molecule has 150 heavy (non-hydrogen) atoms. The van der Waals surface area contributed by atoms with Crippen LogP contribution in [0.25, 0.3) is 23.8 Å². The van der Waals surface area contributed by atoms with Gasteiger partial charge in [-0.2, -0.15) is 69.0 Å². The van der Waals surface area contributed by atoms with Crippen LogP contribution in [0.3, 0.4) is 0 Å². The lowest BCUT2D eigenvalue weighted by molar-refractivity contribution is 0.0491. The van der Waals surface area contributed by atoms with Gasteiger partial charge in [0.05, 0.1) is 87.8 Å². The summed E-state index contributed by atoms with van der Waals surface area (Å²) >= 11 is 0. The summed E-state index contributed by atoms with van der Waals surface area (Å²) in [6, 6.07) is 40.1.